The fourth-order valence-electron chi connectivity index (χ4n) is 3.92. The monoisotopic (exact) mass is 540 g/mol. The molecule has 0 saturated heterocycles. The largest absolute Gasteiger partial charge is 0.430 e. The van der Waals surface area contributed by atoms with Crippen LogP contribution in [-0.2, 0) is 16.5 Å². The van der Waals surface area contributed by atoms with Crippen LogP contribution in [0.15, 0.2) is 73.7 Å². The van der Waals surface area contributed by atoms with Gasteiger partial charge in [0.25, 0.3) is 0 Å². The maximum Gasteiger partial charge on any atom is 0.374 e. The van der Waals surface area contributed by atoms with Crippen molar-refractivity contribution in [1.82, 2.24) is 0 Å². The Morgan fingerprint density at radius 3 is 0.727 bits per heavy atom. The third-order valence-electron chi connectivity index (χ3n) is 6.96. The molecular weight excluding hydrogens is 493 g/mol. The molecule has 0 unspecified atom stereocenters. The second kappa shape index (κ2) is 14.1. The Balaban J connectivity index is 6.49. The zero-order valence-corrected chi connectivity index (χ0v) is 27.1. The summed E-state index contributed by atoms with van der Waals surface area (Å²) in [4.78, 5) is 0. The van der Waals surface area contributed by atoms with Crippen molar-refractivity contribution < 1.29 is 16.5 Å². The van der Waals surface area contributed by atoms with Gasteiger partial charge in [-0.05, 0) is 70.5 Å². The Bertz CT molecular complexity index is 596. The van der Waals surface area contributed by atoms with Crippen molar-refractivity contribution in [1.29, 1.82) is 0 Å². The van der Waals surface area contributed by atoms with Crippen molar-refractivity contribution in [2.75, 3.05) is 0 Å². The SMILES string of the molecule is C=C[Si](C=C)(O[Si](CC)(CC)CC)O[Si](C=C)(C=C)O[Si](C=C)(C=C)O[Si](CC)(CC)CC. The van der Waals surface area contributed by atoms with Gasteiger partial charge < -0.3 is 16.5 Å². The summed E-state index contributed by atoms with van der Waals surface area (Å²) in [5.74, 6) is 0. The summed E-state index contributed by atoms with van der Waals surface area (Å²) < 4.78 is 27.4. The predicted molar refractivity (Wildman–Crippen MR) is 157 cm³/mol. The first kappa shape index (κ1) is 32.4. The molecule has 0 N–H and O–H groups in total. The lowest BCUT2D eigenvalue weighted by molar-refractivity contribution is 0.317. The average molecular weight is 541 g/mol. The highest BCUT2D eigenvalue weighted by molar-refractivity contribution is 7.00. The molecule has 9 heteroatoms. The van der Waals surface area contributed by atoms with Gasteiger partial charge in [0.2, 0.25) is 0 Å². The molecule has 0 radical (unpaired) electrons. The molecule has 0 aromatic heterocycles. The fourth-order valence-corrected chi connectivity index (χ4v) is 25.9. The molecule has 0 heterocycles. The normalized spacial score (nSPS) is 13.3. The summed E-state index contributed by atoms with van der Waals surface area (Å²) in [6.07, 6.45) is 0. The van der Waals surface area contributed by atoms with E-state index in [0.29, 0.717) is 0 Å². The molecule has 0 aromatic carbocycles. The van der Waals surface area contributed by atoms with Gasteiger partial charge in [0.05, 0.1) is 0 Å². The standard InChI is InChI=1S/C24H48O4Si5/c1-13-29(14-2,15-3)25-31(19-7,20-8)27-33(23-11,24-12)28-32(21-9,22-10)26-30(16-4,17-5)18-6/h19-24H,7-18H2,1-6H3. The first-order chi connectivity index (χ1) is 15.6. The first-order valence-corrected chi connectivity index (χ1v) is 23.2. The molecule has 188 valence electrons. The van der Waals surface area contributed by atoms with Gasteiger partial charge in [0, 0.05) is 0 Å². The molecule has 0 spiro atoms. The zero-order chi connectivity index (χ0) is 25.8. The fraction of sp³-hybridized carbons (Fsp3) is 0.500. The van der Waals surface area contributed by atoms with Crippen LogP contribution in [0.3, 0.4) is 0 Å². The highest BCUT2D eigenvalue weighted by Crippen LogP contribution is 2.34. The van der Waals surface area contributed by atoms with Crippen LogP contribution in [0.2, 0.25) is 36.3 Å². The summed E-state index contributed by atoms with van der Waals surface area (Å²) in [7, 11) is -13.3. The second-order valence-electron chi connectivity index (χ2n) is 8.28. The third kappa shape index (κ3) is 7.67. The van der Waals surface area contributed by atoms with E-state index in [0.717, 1.165) is 36.3 Å². The van der Waals surface area contributed by atoms with E-state index >= 15 is 0 Å². The molecule has 0 amide bonds. The molecule has 33 heavy (non-hydrogen) atoms. The van der Waals surface area contributed by atoms with Crippen LogP contribution in [-0.4, -0.2) is 42.3 Å². The number of rotatable bonds is 20. The average Bonchev–Trinajstić information content (AvgIpc) is 2.89. The summed E-state index contributed by atoms with van der Waals surface area (Å²) in [5.41, 5.74) is 10.7. The van der Waals surface area contributed by atoms with Crippen LogP contribution in [0.25, 0.3) is 0 Å². The van der Waals surface area contributed by atoms with Crippen LogP contribution in [0.1, 0.15) is 41.5 Å². The first-order valence-electron chi connectivity index (χ1n) is 12.2. The Kier molecular flexibility index (Phi) is 13.8. The Morgan fingerprint density at radius 2 is 0.576 bits per heavy atom. The van der Waals surface area contributed by atoms with Crippen LogP contribution in [0.5, 0.6) is 0 Å². The molecule has 0 saturated carbocycles. The van der Waals surface area contributed by atoms with Crippen molar-refractivity contribution in [3.8, 4) is 0 Å². The lowest BCUT2D eigenvalue weighted by Crippen LogP contribution is -2.62. The molecular formula is C24H48O4Si5. The van der Waals surface area contributed by atoms with Crippen LogP contribution in [0.4, 0.5) is 0 Å². The molecule has 0 rings (SSSR count). The Hall–Kier alpha value is -0.636. The minimum Gasteiger partial charge on any atom is -0.430 e. The van der Waals surface area contributed by atoms with Crippen molar-refractivity contribution in [2.24, 2.45) is 0 Å². The number of hydrogen-bond donors (Lipinski definition) is 0. The minimum absolute atomic E-state index is 0.996. The minimum atomic E-state index is -3.21. The van der Waals surface area contributed by atoms with Gasteiger partial charge in [0.1, 0.15) is 0 Å². The van der Waals surface area contributed by atoms with E-state index in [4.69, 9.17) is 16.5 Å². The lowest BCUT2D eigenvalue weighted by atomic mass is 10.9. The van der Waals surface area contributed by atoms with E-state index in [9.17, 15) is 0 Å². The van der Waals surface area contributed by atoms with Gasteiger partial charge >= 0.3 is 25.7 Å². The van der Waals surface area contributed by atoms with E-state index in [1.807, 2.05) is 0 Å². The molecule has 0 aliphatic heterocycles. The molecule has 0 fully saturated rings. The van der Waals surface area contributed by atoms with Gasteiger partial charge in [-0.25, -0.2) is 0 Å². The van der Waals surface area contributed by atoms with Gasteiger partial charge in [-0.2, -0.15) is 0 Å². The van der Waals surface area contributed by atoms with Crippen molar-refractivity contribution in [2.45, 2.75) is 77.8 Å². The lowest BCUT2D eigenvalue weighted by Gasteiger charge is -2.44. The van der Waals surface area contributed by atoms with E-state index in [-0.39, 0.29) is 0 Å². The van der Waals surface area contributed by atoms with Crippen molar-refractivity contribution >= 4 is 42.3 Å². The second-order valence-corrected chi connectivity index (χ2v) is 27.3. The van der Waals surface area contributed by atoms with Gasteiger partial charge in [0.15, 0.2) is 16.6 Å². The summed E-state index contributed by atoms with van der Waals surface area (Å²) in [6, 6.07) is 5.98. The molecule has 0 atom stereocenters. The molecule has 4 nitrogen and oxygen atoms in total. The van der Waals surface area contributed by atoms with Crippen LogP contribution in [0, 0.1) is 0 Å². The van der Waals surface area contributed by atoms with Crippen LogP contribution >= 0.6 is 0 Å². The Morgan fingerprint density at radius 1 is 0.394 bits per heavy atom. The van der Waals surface area contributed by atoms with E-state index in [1.54, 1.807) is 34.2 Å². The smallest absolute Gasteiger partial charge is 0.374 e. The predicted octanol–water partition coefficient (Wildman–Crippen LogP) is 7.74. The number of hydrogen-bond acceptors (Lipinski definition) is 4. The molecule has 0 aliphatic carbocycles. The quantitative estimate of drug-likeness (QED) is 0.148. The van der Waals surface area contributed by atoms with Crippen LogP contribution < -0.4 is 0 Å². The summed E-state index contributed by atoms with van der Waals surface area (Å²) in [6.45, 7) is 37.7. The third-order valence-corrected chi connectivity index (χ3v) is 29.2. The summed E-state index contributed by atoms with van der Waals surface area (Å²) in [5, 5.41) is 0. The summed E-state index contributed by atoms with van der Waals surface area (Å²) >= 11 is 0. The highest BCUT2D eigenvalue weighted by Gasteiger charge is 2.52. The topological polar surface area (TPSA) is 36.9 Å². The maximum atomic E-state index is 6.89. The van der Waals surface area contributed by atoms with E-state index in [2.05, 4.69) is 81.0 Å². The Labute approximate surface area is 209 Å². The molecule has 0 bridgehead atoms. The van der Waals surface area contributed by atoms with Gasteiger partial charge in [-0.3, -0.25) is 0 Å². The molecule has 0 aliphatic rings. The zero-order valence-electron chi connectivity index (χ0n) is 22.1. The van der Waals surface area contributed by atoms with Crippen molar-refractivity contribution in [3.05, 3.63) is 73.7 Å². The van der Waals surface area contributed by atoms with E-state index < -0.39 is 42.3 Å². The van der Waals surface area contributed by atoms with Crippen molar-refractivity contribution in [3.63, 3.8) is 0 Å². The van der Waals surface area contributed by atoms with Gasteiger partial charge in [-0.15, -0.1) is 39.5 Å². The highest BCUT2D eigenvalue weighted by atomic mass is 28.5. The van der Waals surface area contributed by atoms with Gasteiger partial charge in [-0.1, -0.05) is 41.5 Å². The van der Waals surface area contributed by atoms with E-state index in [1.165, 1.54) is 0 Å². The molecule has 0 aromatic rings. The maximum absolute atomic E-state index is 6.89.